The van der Waals surface area contributed by atoms with Crippen molar-refractivity contribution in [3.63, 3.8) is 0 Å². The molecule has 1 amide bonds. The third kappa shape index (κ3) is 3.20. The van der Waals surface area contributed by atoms with Crippen molar-refractivity contribution in [2.24, 2.45) is 0 Å². The van der Waals surface area contributed by atoms with Crippen LogP contribution in [0.2, 0.25) is 0 Å². The van der Waals surface area contributed by atoms with Gasteiger partial charge in [0, 0.05) is 25.5 Å². The van der Waals surface area contributed by atoms with E-state index in [9.17, 15) is 27.9 Å². The van der Waals surface area contributed by atoms with E-state index in [1.807, 2.05) is 0 Å². The molecule has 0 unspecified atom stereocenters. The maximum atomic E-state index is 13.4. The van der Waals surface area contributed by atoms with Crippen LogP contribution in [0.15, 0.2) is 47.7 Å². The Morgan fingerprint density at radius 1 is 1.03 bits per heavy atom. The number of rotatable bonds is 3. The predicted molar refractivity (Wildman–Crippen MR) is 119 cm³/mol. The van der Waals surface area contributed by atoms with Crippen molar-refractivity contribution < 1.29 is 27.9 Å². The quantitative estimate of drug-likeness (QED) is 0.562. The van der Waals surface area contributed by atoms with Crippen molar-refractivity contribution in [1.82, 2.24) is 0 Å². The Balaban J connectivity index is 1.87. The normalized spacial score (nSPS) is 18.1. The molecule has 1 heterocycles. The molecule has 0 atom stereocenters. The monoisotopic (exact) mass is 454 g/mol. The molecule has 4 rings (SSSR count). The van der Waals surface area contributed by atoms with Crippen LogP contribution in [0.3, 0.4) is 0 Å². The van der Waals surface area contributed by atoms with Gasteiger partial charge in [0.15, 0.2) is 11.6 Å². The highest BCUT2D eigenvalue weighted by molar-refractivity contribution is 7.95. The molecule has 8 nitrogen and oxygen atoms in total. The summed E-state index contributed by atoms with van der Waals surface area (Å²) in [5, 5.41) is 10.1. The third-order valence-corrected chi connectivity index (χ3v) is 7.54. The lowest BCUT2D eigenvalue weighted by molar-refractivity contribution is -0.116. The van der Waals surface area contributed by atoms with Gasteiger partial charge >= 0.3 is 10.2 Å². The summed E-state index contributed by atoms with van der Waals surface area (Å²) in [5.74, 6) is -2.18. The van der Waals surface area contributed by atoms with Crippen molar-refractivity contribution in [1.29, 1.82) is 0 Å². The van der Waals surface area contributed by atoms with E-state index in [1.165, 1.54) is 25.2 Å². The van der Waals surface area contributed by atoms with Gasteiger partial charge in [-0.25, -0.2) is 0 Å². The van der Waals surface area contributed by atoms with Crippen LogP contribution in [0.5, 0.6) is 0 Å². The molecule has 0 saturated heterocycles. The number of carbonyl (C=O) groups excluding carboxylic acids is 3. The summed E-state index contributed by atoms with van der Waals surface area (Å²) in [6, 6.07) is 9.20. The van der Waals surface area contributed by atoms with Gasteiger partial charge in [0.1, 0.15) is 11.3 Å². The van der Waals surface area contributed by atoms with Gasteiger partial charge in [0.05, 0.1) is 16.9 Å². The molecule has 1 aliphatic carbocycles. The minimum absolute atomic E-state index is 0.0131. The molecule has 0 radical (unpaired) electrons. The summed E-state index contributed by atoms with van der Waals surface area (Å²) in [5.41, 5.74) is 1.37. The largest absolute Gasteiger partial charge is 0.511 e. The molecule has 2 aromatic rings. The number of amides is 1. The Bertz CT molecular complexity index is 1310. The lowest BCUT2D eigenvalue weighted by Gasteiger charge is -2.36. The third-order valence-electron chi connectivity index (χ3n) is 5.84. The highest BCUT2D eigenvalue weighted by atomic mass is 32.2. The topological polar surface area (TPSA) is 112 Å². The first kappa shape index (κ1) is 21.8. The van der Waals surface area contributed by atoms with Gasteiger partial charge < -0.3 is 5.11 Å². The molecule has 0 spiro atoms. The van der Waals surface area contributed by atoms with Crippen molar-refractivity contribution in [2.45, 2.75) is 33.1 Å². The zero-order valence-corrected chi connectivity index (χ0v) is 18.7. The summed E-state index contributed by atoms with van der Waals surface area (Å²) in [4.78, 5) is 38.6. The van der Waals surface area contributed by atoms with E-state index in [1.54, 1.807) is 32.0 Å². The van der Waals surface area contributed by atoms with Crippen molar-refractivity contribution in [3.8, 4) is 0 Å². The Hall–Kier alpha value is -3.46. The summed E-state index contributed by atoms with van der Waals surface area (Å²) in [6.45, 7) is 3.43. The minimum Gasteiger partial charge on any atom is -0.511 e. The number of allylic oxidation sites excluding steroid dienone is 2. The van der Waals surface area contributed by atoms with Gasteiger partial charge in [-0.05, 0) is 49.6 Å². The highest BCUT2D eigenvalue weighted by Crippen LogP contribution is 2.38. The summed E-state index contributed by atoms with van der Waals surface area (Å²) < 4.78 is 28.2. The maximum Gasteiger partial charge on any atom is 0.333 e. The van der Waals surface area contributed by atoms with E-state index < -0.39 is 27.7 Å². The Morgan fingerprint density at radius 2 is 1.69 bits per heavy atom. The molecule has 0 saturated carbocycles. The molecular formula is C23H22N2O6S. The number of nitrogens with zero attached hydrogens (tertiary/aromatic N) is 2. The Labute approximate surface area is 185 Å². The highest BCUT2D eigenvalue weighted by Gasteiger charge is 2.42. The summed E-state index contributed by atoms with van der Waals surface area (Å²) in [7, 11) is -2.87. The molecule has 0 fully saturated rings. The van der Waals surface area contributed by atoms with Gasteiger partial charge in [-0.2, -0.15) is 12.7 Å². The first-order valence-electron chi connectivity index (χ1n) is 10.1. The number of carbonyl (C=O) groups is 3. The number of hydrogen-bond donors (Lipinski definition) is 1. The van der Waals surface area contributed by atoms with Gasteiger partial charge in [-0.15, -0.1) is 0 Å². The average molecular weight is 455 g/mol. The second kappa shape index (κ2) is 7.59. The number of para-hydroxylation sites is 1. The van der Waals surface area contributed by atoms with E-state index in [-0.39, 0.29) is 46.7 Å². The minimum atomic E-state index is -4.21. The first-order chi connectivity index (χ1) is 15.1. The summed E-state index contributed by atoms with van der Waals surface area (Å²) in [6.07, 6.45) is 0.867. The molecule has 9 heteroatoms. The van der Waals surface area contributed by atoms with Crippen LogP contribution < -0.4 is 8.61 Å². The smallest absolute Gasteiger partial charge is 0.333 e. The van der Waals surface area contributed by atoms with Gasteiger partial charge in [0.2, 0.25) is 0 Å². The zero-order chi connectivity index (χ0) is 23.4. The van der Waals surface area contributed by atoms with Crippen LogP contribution >= 0.6 is 0 Å². The second-order valence-corrected chi connectivity index (χ2v) is 9.75. The molecule has 32 heavy (non-hydrogen) atoms. The molecule has 1 aliphatic heterocycles. The lowest BCUT2D eigenvalue weighted by Crippen LogP contribution is -2.50. The number of aryl methyl sites for hydroxylation is 2. The molecule has 0 aromatic heterocycles. The van der Waals surface area contributed by atoms with Crippen molar-refractivity contribution >= 4 is 39.1 Å². The standard InChI is InChI=1S/C23H22N2O6S/c1-13-6-4-7-14(2)21(13)25-23(29)16-12-15(10-11-17(16)24(3)32(25,30)31)22(28)20-18(26)8-5-9-19(20)27/h4,6-7,10-12,26H,5,8-9H2,1-3H3. The second-order valence-electron chi connectivity index (χ2n) is 7.94. The molecule has 166 valence electrons. The van der Waals surface area contributed by atoms with Crippen LogP contribution in [0.1, 0.15) is 51.1 Å². The van der Waals surface area contributed by atoms with E-state index in [0.717, 1.165) is 8.61 Å². The zero-order valence-electron chi connectivity index (χ0n) is 17.9. The van der Waals surface area contributed by atoms with Crippen LogP contribution in [-0.2, 0) is 15.0 Å². The Kier molecular flexibility index (Phi) is 5.16. The molecule has 1 N–H and O–H groups in total. The number of benzene rings is 2. The molecule has 0 bridgehead atoms. The van der Waals surface area contributed by atoms with E-state index >= 15 is 0 Å². The molecule has 2 aliphatic rings. The Morgan fingerprint density at radius 3 is 2.31 bits per heavy atom. The number of anilines is 2. The predicted octanol–water partition coefficient (Wildman–Crippen LogP) is 3.39. The SMILES string of the molecule is Cc1cccc(C)c1N1C(=O)c2cc(C(=O)C3=C(O)CCCC3=O)ccc2N(C)S1(=O)=O. The van der Waals surface area contributed by atoms with E-state index in [4.69, 9.17) is 0 Å². The van der Waals surface area contributed by atoms with Crippen LogP contribution in [0.4, 0.5) is 11.4 Å². The van der Waals surface area contributed by atoms with E-state index in [0.29, 0.717) is 17.5 Å². The lowest BCUT2D eigenvalue weighted by atomic mass is 9.89. The van der Waals surface area contributed by atoms with Crippen LogP contribution in [0.25, 0.3) is 0 Å². The first-order valence-corrected chi connectivity index (χ1v) is 11.5. The fraction of sp³-hybridized carbons (Fsp3) is 0.261. The van der Waals surface area contributed by atoms with Gasteiger partial charge in [-0.1, -0.05) is 18.2 Å². The van der Waals surface area contributed by atoms with Gasteiger partial charge in [0.25, 0.3) is 5.91 Å². The van der Waals surface area contributed by atoms with Crippen LogP contribution in [-0.4, -0.2) is 38.0 Å². The van der Waals surface area contributed by atoms with Crippen molar-refractivity contribution in [3.05, 3.63) is 70.0 Å². The maximum absolute atomic E-state index is 13.4. The summed E-state index contributed by atoms with van der Waals surface area (Å²) >= 11 is 0. The number of hydrogen-bond acceptors (Lipinski definition) is 6. The fourth-order valence-electron chi connectivity index (χ4n) is 4.16. The van der Waals surface area contributed by atoms with Crippen LogP contribution in [0, 0.1) is 13.8 Å². The van der Waals surface area contributed by atoms with E-state index in [2.05, 4.69) is 0 Å². The molecular weight excluding hydrogens is 432 g/mol. The van der Waals surface area contributed by atoms with Crippen molar-refractivity contribution in [2.75, 3.05) is 15.7 Å². The number of aliphatic hydroxyl groups excluding tert-OH is 1. The number of Topliss-reactive ketones (excluding diaryl/α,β-unsaturated/α-hetero) is 2. The fourth-order valence-corrected chi connectivity index (χ4v) is 5.64. The average Bonchev–Trinajstić information content (AvgIpc) is 2.73. The molecule has 2 aromatic carbocycles. The number of fused-ring (bicyclic) bond motifs is 1. The van der Waals surface area contributed by atoms with Gasteiger partial charge in [-0.3, -0.25) is 18.7 Å². The number of aliphatic hydroxyl groups is 1. The number of ketones is 2.